The number of hydrogen-bond donors (Lipinski definition) is 3. The van der Waals surface area contributed by atoms with Gasteiger partial charge in [0.25, 0.3) is 0 Å². The Bertz CT molecular complexity index is 518. The number of nitrogens with one attached hydrogen (secondary N) is 2. The highest BCUT2D eigenvalue weighted by Gasteiger charge is 2.16. The van der Waals surface area contributed by atoms with Crippen LogP contribution in [0.25, 0.3) is 0 Å². The van der Waals surface area contributed by atoms with Crippen LogP contribution in [0.1, 0.15) is 19.3 Å². The Balaban J connectivity index is 2.66. The van der Waals surface area contributed by atoms with Crippen LogP contribution in [-0.4, -0.2) is 34.0 Å². The summed E-state index contributed by atoms with van der Waals surface area (Å²) < 4.78 is 26.2. The molecular weight excluding hydrogens is 294 g/mol. The summed E-state index contributed by atoms with van der Waals surface area (Å²) in [6.45, 7) is 0.754. The molecule has 1 aromatic rings. The van der Waals surface area contributed by atoms with Crippen molar-refractivity contribution in [1.82, 2.24) is 4.72 Å². The zero-order valence-corrected chi connectivity index (χ0v) is 13.6. The quantitative estimate of drug-likeness (QED) is 0.480. The van der Waals surface area contributed by atoms with Crippen molar-refractivity contribution in [2.24, 2.45) is 0 Å². The maximum atomic E-state index is 11.9. The van der Waals surface area contributed by atoms with Gasteiger partial charge in [-0.2, -0.15) is 11.8 Å². The summed E-state index contributed by atoms with van der Waals surface area (Å²) in [6, 6.07) is 4.88. The molecule has 0 saturated carbocycles. The lowest BCUT2D eigenvalue weighted by Gasteiger charge is -2.12. The van der Waals surface area contributed by atoms with Crippen molar-refractivity contribution in [3.05, 3.63) is 18.2 Å². The number of nitrogen functional groups attached to an aromatic ring is 1. The maximum Gasteiger partial charge on any atom is 0.242 e. The summed E-state index contributed by atoms with van der Waals surface area (Å²) in [6.07, 6.45) is 5.44. The van der Waals surface area contributed by atoms with Gasteiger partial charge in [-0.15, -0.1) is 0 Å². The predicted molar refractivity (Wildman–Crippen MR) is 87.8 cm³/mol. The van der Waals surface area contributed by atoms with Gasteiger partial charge in [-0.3, -0.25) is 0 Å². The van der Waals surface area contributed by atoms with Gasteiger partial charge in [0, 0.05) is 12.2 Å². The number of unbranched alkanes of at least 4 members (excludes halogenated alkanes) is 2. The van der Waals surface area contributed by atoms with Crippen LogP contribution in [-0.2, 0) is 10.0 Å². The highest BCUT2D eigenvalue weighted by Crippen LogP contribution is 2.23. The van der Waals surface area contributed by atoms with Gasteiger partial charge in [0.1, 0.15) is 4.90 Å². The molecule has 5 nitrogen and oxygen atoms in total. The smallest absolute Gasteiger partial charge is 0.242 e. The van der Waals surface area contributed by atoms with Gasteiger partial charge in [0.15, 0.2) is 0 Å². The van der Waals surface area contributed by atoms with Crippen LogP contribution in [0.15, 0.2) is 23.1 Å². The molecule has 0 aliphatic rings. The molecule has 114 valence electrons. The van der Waals surface area contributed by atoms with Crippen LogP contribution in [0.5, 0.6) is 0 Å². The second-order valence-corrected chi connectivity index (χ2v) is 7.28. The average molecular weight is 317 g/mol. The van der Waals surface area contributed by atoms with Gasteiger partial charge >= 0.3 is 0 Å². The van der Waals surface area contributed by atoms with Crippen molar-refractivity contribution < 1.29 is 8.42 Å². The molecular formula is C13H23N3O2S2. The molecule has 0 radical (unpaired) electrons. The normalized spacial score (nSPS) is 11.5. The third-order valence-electron chi connectivity index (χ3n) is 2.90. The molecule has 4 N–H and O–H groups in total. The molecule has 0 aromatic heterocycles. The van der Waals surface area contributed by atoms with Crippen molar-refractivity contribution >= 4 is 33.2 Å². The molecule has 0 spiro atoms. The fourth-order valence-corrected chi connectivity index (χ4v) is 3.22. The van der Waals surface area contributed by atoms with Gasteiger partial charge < -0.3 is 11.1 Å². The minimum atomic E-state index is -3.50. The Morgan fingerprint density at radius 3 is 2.65 bits per heavy atom. The van der Waals surface area contributed by atoms with E-state index < -0.39 is 10.0 Å². The summed E-state index contributed by atoms with van der Waals surface area (Å²) >= 11 is 1.84. The molecule has 0 unspecified atom stereocenters. The van der Waals surface area contributed by atoms with Gasteiger partial charge in [-0.05, 0) is 50.1 Å². The molecule has 1 aromatic carbocycles. The van der Waals surface area contributed by atoms with Crippen molar-refractivity contribution in [1.29, 1.82) is 0 Å². The van der Waals surface area contributed by atoms with Gasteiger partial charge in [0.05, 0.1) is 5.69 Å². The summed E-state index contributed by atoms with van der Waals surface area (Å²) in [5, 5.41) is 3.18. The Labute approximate surface area is 125 Å². The van der Waals surface area contributed by atoms with E-state index in [1.165, 1.54) is 25.3 Å². The molecule has 1 rings (SSSR count). The first-order valence-corrected chi connectivity index (χ1v) is 9.45. The lowest BCUT2D eigenvalue weighted by atomic mass is 10.2. The molecule has 20 heavy (non-hydrogen) atoms. The van der Waals surface area contributed by atoms with E-state index in [0.717, 1.165) is 19.4 Å². The molecule has 0 aliphatic heterocycles. The molecule has 0 atom stereocenters. The van der Waals surface area contributed by atoms with Gasteiger partial charge in [-0.25, -0.2) is 13.1 Å². The standard InChI is InChI=1S/C13H23N3O2S2/c1-15-20(17,18)13-10-11(14)6-7-12(13)16-8-4-3-5-9-19-2/h6-7,10,15-16H,3-5,8-9,14H2,1-2H3. The van der Waals surface area contributed by atoms with E-state index in [9.17, 15) is 8.42 Å². The van der Waals surface area contributed by atoms with E-state index in [0.29, 0.717) is 11.4 Å². The van der Waals surface area contributed by atoms with Crippen LogP contribution >= 0.6 is 11.8 Å². The Hall–Kier alpha value is -0.920. The fourth-order valence-electron chi connectivity index (χ4n) is 1.79. The summed E-state index contributed by atoms with van der Waals surface area (Å²) in [7, 11) is -2.10. The van der Waals surface area contributed by atoms with Gasteiger partial charge in [-0.1, -0.05) is 6.42 Å². The number of nitrogens with two attached hydrogens (primary N) is 1. The molecule has 0 heterocycles. The number of anilines is 2. The Kier molecular flexibility index (Phi) is 7.18. The molecule has 0 fully saturated rings. The van der Waals surface area contributed by atoms with E-state index in [2.05, 4.69) is 16.3 Å². The molecule has 0 amide bonds. The Morgan fingerprint density at radius 2 is 2.00 bits per heavy atom. The number of sulfonamides is 1. The minimum Gasteiger partial charge on any atom is -0.399 e. The van der Waals surface area contributed by atoms with Crippen molar-refractivity contribution in [2.75, 3.05) is 36.7 Å². The van der Waals surface area contributed by atoms with E-state index in [1.807, 2.05) is 11.8 Å². The minimum absolute atomic E-state index is 0.198. The number of thioether (sulfide) groups is 1. The summed E-state index contributed by atoms with van der Waals surface area (Å²) in [5.41, 5.74) is 6.70. The van der Waals surface area contributed by atoms with Gasteiger partial charge in [0.2, 0.25) is 10.0 Å². The number of benzene rings is 1. The highest BCUT2D eigenvalue weighted by atomic mass is 32.2. The second kappa shape index (κ2) is 8.39. The maximum absolute atomic E-state index is 11.9. The largest absolute Gasteiger partial charge is 0.399 e. The summed E-state index contributed by atoms with van der Waals surface area (Å²) in [4.78, 5) is 0.198. The van der Waals surface area contributed by atoms with Crippen LogP contribution < -0.4 is 15.8 Å². The fraction of sp³-hybridized carbons (Fsp3) is 0.538. The lowest BCUT2D eigenvalue weighted by molar-refractivity contribution is 0.588. The topological polar surface area (TPSA) is 84.2 Å². The third kappa shape index (κ3) is 5.22. The van der Waals surface area contributed by atoms with Crippen LogP contribution in [0.4, 0.5) is 11.4 Å². The first-order chi connectivity index (χ1) is 9.51. The van der Waals surface area contributed by atoms with E-state index >= 15 is 0 Å². The van der Waals surface area contributed by atoms with Crippen LogP contribution in [0, 0.1) is 0 Å². The molecule has 7 heteroatoms. The molecule has 0 bridgehead atoms. The lowest BCUT2D eigenvalue weighted by Crippen LogP contribution is -2.20. The highest BCUT2D eigenvalue weighted by molar-refractivity contribution is 7.98. The molecule has 0 saturated heterocycles. The SMILES string of the molecule is CNS(=O)(=O)c1cc(N)ccc1NCCCCCSC. The second-order valence-electron chi connectivity index (χ2n) is 4.44. The number of hydrogen-bond acceptors (Lipinski definition) is 5. The van der Waals surface area contributed by atoms with Crippen molar-refractivity contribution in [3.63, 3.8) is 0 Å². The third-order valence-corrected chi connectivity index (χ3v) is 5.06. The van der Waals surface area contributed by atoms with Crippen molar-refractivity contribution in [2.45, 2.75) is 24.2 Å². The summed E-state index contributed by atoms with van der Waals surface area (Å²) in [5.74, 6) is 1.17. The zero-order chi connectivity index (χ0) is 15.0. The predicted octanol–water partition coefficient (Wildman–Crippen LogP) is 2.12. The van der Waals surface area contributed by atoms with Crippen LogP contribution in [0.3, 0.4) is 0 Å². The Morgan fingerprint density at radius 1 is 1.25 bits per heavy atom. The zero-order valence-electron chi connectivity index (χ0n) is 12.0. The monoisotopic (exact) mass is 317 g/mol. The average Bonchev–Trinajstić information content (AvgIpc) is 2.44. The van der Waals surface area contributed by atoms with E-state index in [-0.39, 0.29) is 4.90 Å². The van der Waals surface area contributed by atoms with Crippen molar-refractivity contribution in [3.8, 4) is 0 Å². The van der Waals surface area contributed by atoms with Crippen LogP contribution in [0.2, 0.25) is 0 Å². The van der Waals surface area contributed by atoms with E-state index in [4.69, 9.17) is 5.73 Å². The van der Waals surface area contributed by atoms with E-state index in [1.54, 1.807) is 12.1 Å². The number of rotatable bonds is 9. The first kappa shape index (κ1) is 17.1. The molecule has 0 aliphatic carbocycles. The first-order valence-electron chi connectivity index (χ1n) is 6.57.